The largest absolute Gasteiger partial charge is 0.497 e. The third-order valence-corrected chi connectivity index (χ3v) is 4.31. The quantitative estimate of drug-likeness (QED) is 0.577. The van der Waals surface area contributed by atoms with E-state index in [-0.39, 0.29) is 18.7 Å². The van der Waals surface area contributed by atoms with Crippen molar-refractivity contribution < 1.29 is 23.9 Å². The fourth-order valence-electron chi connectivity index (χ4n) is 2.52. The first-order valence-corrected chi connectivity index (χ1v) is 9.55. The van der Waals surface area contributed by atoms with Gasteiger partial charge in [0, 0.05) is 18.5 Å². The van der Waals surface area contributed by atoms with E-state index in [2.05, 4.69) is 16.2 Å². The van der Waals surface area contributed by atoms with Gasteiger partial charge >= 0.3 is 0 Å². The molecule has 30 heavy (non-hydrogen) atoms. The summed E-state index contributed by atoms with van der Waals surface area (Å²) >= 11 is 0. The number of hydrogen-bond donors (Lipinski definition) is 3. The van der Waals surface area contributed by atoms with E-state index in [1.54, 1.807) is 38.3 Å². The fourth-order valence-corrected chi connectivity index (χ4v) is 2.52. The Morgan fingerprint density at radius 2 is 1.53 bits per heavy atom. The third-order valence-electron chi connectivity index (χ3n) is 4.31. The van der Waals surface area contributed by atoms with Crippen LogP contribution >= 0.6 is 0 Å². The highest BCUT2D eigenvalue weighted by Gasteiger charge is 2.16. The van der Waals surface area contributed by atoms with Crippen molar-refractivity contribution in [2.45, 2.75) is 39.7 Å². The zero-order valence-electron chi connectivity index (χ0n) is 17.6. The van der Waals surface area contributed by atoms with Gasteiger partial charge in [0.2, 0.25) is 11.8 Å². The Morgan fingerprint density at radius 3 is 2.20 bits per heavy atom. The number of rotatable bonds is 8. The highest BCUT2D eigenvalue weighted by molar-refractivity contribution is 5.94. The predicted octanol–water partition coefficient (Wildman–Crippen LogP) is 2.65. The Morgan fingerprint density at radius 1 is 0.900 bits per heavy atom. The number of ether oxygens (including phenoxy) is 2. The normalized spacial score (nSPS) is 11.2. The van der Waals surface area contributed by atoms with Crippen LogP contribution in [0, 0.1) is 13.8 Å². The van der Waals surface area contributed by atoms with Crippen LogP contribution in [0.1, 0.15) is 30.9 Å². The molecular weight excluding hydrogens is 386 g/mol. The number of hydrazine groups is 1. The van der Waals surface area contributed by atoms with Gasteiger partial charge in [-0.25, -0.2) is 0 Å². The lowest BCUT2D eigenvalue weighted by molar-refractivity contribution is -0.133. The molecule has 0 saturated carbocycles. The zero-order valence-corrected chi connectivity index (χ0v) is 17.6. The van der Waals surface area contributed by atoms with Gasteiger partial charge in [-0.2, -0.15) is 0 Å². The Balaban J connectivity index is 1.71. The maximum Gasteiger partial charge on any atom is 0.279 e. The van der Waals surface area contributed by atoms with Gasteiger partial charge in [-0.15, -0.1) is 0 Å². The van der Waals surface area contributed by atoms with Gasteiger partial charge in [0.15, 0.2) is 6.10 Å². The SMILES string of the molecule is COc1ccc(OC(C)C(=O)NNC(=O)CCC(=O)Nc2cc(C)ccc2C)cc1. The summed E-state index contributed by atoms with van der Waals surface area (Å²) in [6.45, 7) is 5.39. The van der Waals surface area contributed by atoms with Crippen molar-refractivity contribution in [3.8, 4) is 11.5 Å². The van der Waals surface area contributed by atoms with E-state index in [0.29, 0.717) is 11.5 Å². The number of aryl methyl sites for hydroxylation is 2. The number of anilines is 1. The number of carbonyl (C=O) groups excluding carboxylic acids is 3. The lowest BCUT2D eigenvalue weighted by atomic mass is 10.1. The molecule has 0 heterocycles. The molecule has 3 amide bonds. The van der Waals surface area contributed by atoms with E-state index in [0.717, 1.165) is 16.8 Å². The van der Waals surface area contributed by atoms with E-state index in [9.17, 15) is 14.4 Å². The van der Waals surface area contributed by atoms with Gasteiger partial charge in [-0.1, -0.05) is 12.1 Å². The molecule has 0 aliphatic carbocycles. The zero-order chi connectivity index (χ0) is 22.1. The smallest absolute Gasteiger partial charge is 0.279 e. The van der Waals surface area contributed by atoms with E-state index in [1.165, 1.54) is 0 Å². The summed E-state index contributed by atoms with van der Waals surface area (Å²) in [6.07, 6.45) is -0.899. The summed E-state index contributed by atoms with van der Waals surface area (Å²) in [6, 6.07) is 12.5. The topological polar surface area (TPSA) is 106 Å². The molecule has 0 bridgehead atoms. The first-order valence-electron chi connectivity index (χ1n) is 9.55. The molecule has 2 aromatic carbocycles. The molecule has 2 aromatic rings. The minimum absolute atomic E-state index is 0.00696. The molecule has 160 valence electrons. The van der Waals surface area contributed by atoms with Gasteiger partial charge in [0.1, 0.15) is 11.5 Å². The molecule has 1 atom stereocenters. The van der Waals surface area contributed by atoms with Crippen LogP contribution in [0.25, 0.3) is 0 Å². The fraction of sp³-hybridized carbons (Fsp3) is 0.318. The van der Waals surface area contributed by atoms with Crippen molar-refractivity contribution in [1.29, 1.82) is 0 Å². The first-order chi connectivity index (χ1) is 14.3. The van der Waals surface area contributed by atoms with E-state index in [1.807, 2.05) is 32.0 Å². The molecule has 8 nitrogen and oxygen atoms in total. The number of carbonyl (C=O) groups is 3. The van der Waals surface area contributed by atoms with Crippen LogP contribution in [0.2, 0.25) is 0 Å². The third kappa shape index (κ3) is 7.12. The molecule has 3 N–H and O–H groups in total. The van der Waals surface area contributed by atoms with Crippen molar-refractivity contribution in [2.75, 3.05) is 12.4 Å². The van der Waals surface area contributed by atoms with Crippen molar-refractivity contribution in [3.05, 3.63) is 53.6 Å². The Kier molecular flexibility index (Phi) is 8.22. The molecular formula is C22H27N3O5. The van der Waals surface area contributed by atoms with Gasteiger partial charge < -0.3 is 14.8 Å². The van der Waals surface area contributed by atoms with Crippen LogP contribution in [0.5, 0.6) is 11.5 Å². The number of nitrogens with one attached hydrogen (secondary N) is 3. The van der Waals surface area contributed by atoms with Gasteiger partial charge in [0.25, 0.3) is 5.91 Å². The van der Waals surface area contributed by atoms with Crippen LogP contribution < -0.4 is 25.6 Å². The maximum absolute atomic E-state index is 12.1. The molecule has 1 unspecified atom stereocenters. The number of hydrogen-bond acceptors (Lipinski definition) is 5. The lowest BCUT2D eigenvalue weighted by Crippen LogP contribution is -2.47. The minimum atomic E-state index is -0.828. The van der Waals surface area contributed by atoms with E-state index >= 15 is 0 Å². The van der Waals surface area contributed by atoms with Gasteiger partial charge in [-0.05, 0) is 62.2 Å². The number of amides is 3. The minimum Gasteiger partial charge on any atom is -0.497 e. The summed E-state index contributed by atoms with van der Waals surface area (Å²) in [4.78, 5) is 36.1. The molecule has 8 heteroatoms. The van der Waals surface area contributed by atoms with Crippen LogP contribution in [0.15, 0.2) is 42.5 Å². The molecule has 2 rings (SSSR count). The number of benzene rings is 2. The van der Waals surface area contributed by atoms with E-state index < -0.39 is 17.9 Å². The standard InChI is InChI=1S/C22H27N3O5/c1-14-5-6-15(2)19(13-14)23-20(26)11-12-21(27)24-25-22(28)16(3)30-18-9-7-17(29-4)8-10-18/h5-10,13,16H,11-12H2,1-4H3,(H,23,26)(H,24,27)(H,25,28). The molecule has 0 radical (unpaired) electrons. The second kappa shape index (κ2) is 10.8. The van der Waals surface area contributed by atoms with Crippen molar-refractivity contribution in [3.63, 3.8) is 0 Å². The second-order valence-corrected chi connectivity index (χ2v) is 6.84. The number of methoxy groups -OCH3 is 1. The van der Waals surface area contributed by atoms with Crippen LogP contribution in [-0.4, -0.2) is 30.9 Å². The monoisotopic (exact) mass is 413 g/mol. The molecule has 0 aliphatic rings. The average Bonchev–Trinajstić information content (AvgIpc) is 2.73. The predicted molar refractivity (Wildman–Crippen MR) is 113 cm³/mol. The molecule has 0 spiro atoms. The van der Waals surface area contributed by atoms with Crippen LogP contribution in [0.4, 0.5) is 5.69 Å². The second-order valence-electron chi connectivity index (χ2n) is 6.84. The summed E-state index contributed by atoms with van der Waals surface area (Å²) in [7, 11) is 1.56. The molecule has 0 saturated heterocycles. The van der Waals surface area contributed by atoms with Crippen molar-refractivity contribution >= 4 is 23.4 Å². The highest BCUT2D eigenvalue weighted by atomic mass is 16.5. The molecule has 0 fully saturated rings. The van der Waals surface area contributed by atoms with Crippen LogP contribution in [0.3, 0.4) is 0 Å². The Hall–Kier alpha value is -3.55. The summed E-state index contributed by atoms with van der Waals surface area (Å²) < 4.78 is 10.6. The lowest BCUT2D eigenvalue weighted by Gasteiger charge is -2.15. The Bertz CT molecular complexity index is 896. The maximum atomic E-state index is 12.1. The van der Waals surface area contributed by atoms with Crippen LogP contribution in [-0.2, 0) is 14.4 Å². The van der Waals surface area contributed by atoms with Gasteiger partial charge in [0.05, 0.1) is 7.11 Å². The van der Waals surface area contributed by atoms with E-state index in [4.69, 9.17) is 9.47 Å². The van der Waals surface area contributed by atoms with Crippen molar-refractivity contribution in [2.24, 2.45) is 0 Å². The first kappa shape index (κ1) is 22.7. The molecule has 0 aromatic heterocycles. The highest BCUT2D eigenvalue weighted by Crippen LogP contribution is 2.18. The Labute approximate surface area is 175 Å². The summed E-state index contributed by atoms with van der Waals surface area (Å²) in [5.74, 6) is -0.0993. The summed E-state index contributed by atoms with van der Waals surface area (Å²) in [5, 5.41) is 2.79. The average molecular weight is 413 g/mol. The van der Waals surface area contributed by atoms with Gasteiger partial charge in [-0.3, -0.25) is 25.2 Å². The van der Waals surface area contributed by atoms with Crippen molar-refractivity contribution in [1.82, 2.24) is 10.9 Å². The molecule has 0 aliphatic heterocycles. The summed E-state index contributed by atoms with van der Waals surface area (Å²) in [5.41, 5.74) is 7.28.